The van der Waals surface area contributed by atoms with E-state index < -0.39 is 4.92 Å². The highest BCUT2D eigenvalue weighted by Crippen LogP contribution is 2.29. The molecular formula is C15H19N3O3. The zero-order chi connectivity index (χ0) is 15.2. The number of nitro groups is 1. The molecule has 1 heterocycles. The lowest BCUT2D eigenvalue weighted by Crippen LogP contribution is -2.37. The minimum absolute atomic E-state index is 0.0434. The number of anilines is 1. The third-order valence-electron chi connectivity index (χ3n) is 3.73. The number of non-ortho nitro benzene ring substituents is 1. The van der Waals surface area contributed by atoms with Gasteiger partial charge in [0.25, 0.3) is 5.69 Å². The molecule has 0 N–H and O–H groups in total. The first-order valence-corrected chi connectivity index (χ1v) is 7.17. The molecule has 6 nitrogen and oxygen atoms in total. The fourth-order valence-electron chi connectivity index (χ4n) is 2.71. The Hall–Kier alpha value is -2.13. The van der Waals surface area contributed by atoms with Crippen LogP contribution in [0, 0.1) is 27.4 Å². The van der Waals surface area contributed by atoms with E-state index in [0.717, 1.165) is 38.2 Å². The molecule has 0 amide bonds. The van der Waals surface area contributed by atoms with Crippen LogP contribution in [0.25, 0.3) is 0 Å². The van der Waals surface area contributed by atoms with Crippen molar-refractivity contribution in [2.24, 2.45) is 5.92 Å². The van der Waals surface area contributed by atoms with E-state index in [-0.39, 0.29) is 5.69 Å². The van der Waals surface area contributed by atoms with Gasteiger partial charge in [0.2, 0.25) is 0 Å². The molecule has 0 bridgehead atoms. The lowest BCUT2D eigenvalue weighted by atomic mass is 9.97. The number of nitriles is 1. The van der Waals surface area contributed by atoms with E-state index in [1.165, 1.54) is 12.1 Å². The predicted molar refractivity (Wildman–Crippen MR) is 79.2 cm³/mol. The summed E-state index contributed by atoms with van der Waals surface area (Å²) < 4.78 is 5.48. The predicted octanol–water partition coefficient (Wildman–Crippen LogP) is 2.72. The molecule has 1 aliphatic heterocycles. The summed E-state index contributed by atoms with van der Waals surface area (Å²) in [6.07, 6.45) is 2.16. The van der Waals surface area contributed by atoms with E-state index in [1.54, 1.807) is 6.07 Å². The average molecular weight is 289 g/mol. The lowest BCUT2D eigenvalue weighted by molar-refractivity contribution is -0.384. The summed E-state index contributed by atoms with van der Waals surface area (Å²) in [6, 6.07) is 6.56. The molecule has 21 heavy (non-hydrogen) atoms. The number of piperidine rings is 1. The van der Waals surface area contributed by atoms with Crippen LogP contribution in [0.5, 0.6) is 0 Å². The number of hydrogen-bond donors (Lipinski definition) is 0. The Morgan fingerprint density at radius 2 is 2.38 bits per heavy atom. The smallest absolute Gasteiger partial charge is 0.270 e. The summed E-state index contributed by atoms with van der Waals surface area (Å²) in [4.78, 5) is 12.5. The van der Waals surface area contributed by atoms with Crippen LogP contribution in [0.1, 0.15) is 25.3 Å². The quantitative estimate of drug-likeness (QED) is 0.615. The van der Waals surface area contributed by atoms with E-state index in [9.17, 15) is 15.4 Å². The van der Waals surface area contributed by atoms with Gasteiger partial charge in [-0.05, 0) is 31.7 Å². The van der Waals surface area contributed by atoms with Crippen molar-refractivity contribution >= 4 is 11.4 Å². The number of ether oxygens (including phenoxy) is 1. The molecule has 112 valence electrons. The van der Waals surface area contributed by atoms with E-state index in [1.807, 2.05) is 6.92 Å². The summed E-state index contributed by atoms with van der Waals surface area (Å²) in [5.74, 6) is 0.445. The Morgan fingerprint density at radius 3 is 3.05 bits per heavy atom. The van der Waals surface area contributed by atoms with Gasteiger partial charge in [-0.15, -0.1) is 0 Å². The van der Waals surface area contributed by atoms with Crippen LogP contribution in [0.3, 0.4) is 0 Å². The fourth-order valence-corrected chi connectivity index (χ4v) is 2.71. The van der Waals surface area contributed by atoms with Crippen molar-refractivity contribution in [2.45, 2.75) is 19.8 Å². The van der Waals surface area contributed by atoms with E-state index in [0.29, 0.717) is 18.1 Å². The molecule has 0 spiro atoms. The van der Waals surface area contributed by atoms with Gasteiger partial charge in [-0.25, -0.2) is 0 Å². The van der Waals surface area contributed by atoms with Crippen LogP contribution < -0.4 is 4.90 Å². The summed E-state index contributed by atoms with van der Waals surface area (Å²) >= 11 is 0. The third-order valence-corrected chi connectivity index (χ3v) is 3.73. The van der Waals surface area contributed by atoms with Crippen LogP contribution in [-0.4, -0.2) is 31.2 Å². The molecule has 1 unspecified atom stereocenters. The van der Waals surface area contributed by atoms with Crippen molar-refractivity contribution in [2.75, 3.05) is 31.2 Å². The highest BCUT2D eigenvalue weighted by molar-refractivity contribution is 5.63. The molecule has 1 aromatic carbocycles. The Balaban J connectivity index is 2.17. The first-order chi connectivity index (χ1) is 10.2. The highest BCUT2D eigenvalue weighted by Gasteiger charge is 2.23. The minimum Gasteiger partial charge on any atom is -0.381 e. The zero-order valence-electron chi connectivity index (χ0n) is 12.1. The summed E-state index contributed by atoms with van der Waals surface area (Å²) in [6.45, 7) is 5.10. The van der Waals surface area contributed by atoms with Crippen molar-refractivity contribution in [3.63, 3.8) is 0 Å². The van der Waals surface area contributed by atoms with Crippen molar-refractivity contribution in [1.82, 2.24) is 0 Å². The molecular weight excluding hydrogens is 270 g/mol. The third kappa shape index (κ3) is 3.70. The maximum absolute atomic E-state index is 10.8. The molecule has 1 fully saturated rings. The van der Waals surface area contributed by atoms with Crippen LogP contribution in [0.15, 0.2) is 18.2 Å². The van der Waals surface area contributed by atoms with Gasteiger partial charge in [0.15, 0.2) is 0 Å². The molecule has 0 aliphatic carbocycles. The second kappa shape index (κ2) is 7.04. The Bertz CT molecular complexity index is 554. The van der Waals surface area contributed by atoms with E-state index in [2.05, 4.69) is 11.0 Å². The molecule has 0 radical (unpaired) electrons. The van der Waals surface area contributed by atoms with Crippen molar-refractivity contribution in [3.05, 3.63) is 33.9 Å². The number of nitrogens with zero attached hydrogens (tertiary/aromatic N) is 3. The molecule has 1 saturated heterocycles. The number of nitro benzene ring substituents is 1. The van der Waals surface area contributed by atoms with Gasteiger partial charge < -0.3 is 9.64 Å². The van der Waals surface area contributed by atoms with Gasteiger partial charge in [-0.2, -0.15) is 5.26 Å². The second-order valence-corrected chi connectivity index (χ2v) is 5.18. The first-order valence-electron chi connectivity index (χ1n) is 7.17. The van der Waals surface area contributed by atoms with E-state index >= 15 is 0 Å². The molecule has 2 rings (SSSR count). The van der Waals surface area contributed by atoms with Gasteiger partial charge in [0.1, 0.15) is 6.07 Å². The van der Waals surface area contributed by atoms with Gasteiger partial charge in [-0.1, -0.05) is 0 Å². The fraction of sp³-hybridized carbons (Fsp3) is 0.533. The van der Waals surface area contributed by atoms with Crippen LogP contribution in [0.4, 0.5) is 11.4 Å². The van der Waals surface area contributed by atoms with Crippen LogP contribution in [0.2, 0.25) is 0 Å². The van der Waals surface area contributed by atoms with Crippen molar-refractivity contribution in [3.8, 4) is 6.07 Å². The Kier molecular flexibility index (Phi) is 5.12. The number of hydrogen-bond acceptors (Lipinski definition) is 5. The number of benzene rings is 1. The largest absolute Gasteiger partial charge is 0.381 e. The van der Waals surface area contributed by atoms with Crippen molar-refractivity contribution < 1.29 is 9.66 Å². The standard InChI is InChI=1S/C15H19N3O3/c1-2-21-11-12-4-3-7-17(10-12)15-6-5-14(18(19)20)8-13(15)9-16/h5-6,8,12H,2-4,7,10-11H2,1H3. The minimum atomic E-state index is -0.473. The van der Waals surface area contributed by atoms with Gasteiger partial charge >= 0.3 is 0 Å². The topological polar surface area (TPSA) is 79.4 Å². The van der Waals surface area contributed by atoms with Crippen molar-refractivity contribution in [1.29, 1.82) is 5.26 Å². The Labute approximate surface area is 124 Å². The molecule has 1 aliphatic rings. The molecule has 6 heteroatoms. The molecule has 0 aromatic heterocycles. The molecule has 1 atom stereocenters. The van der Waals surface area contributed by atoms with Gasteiger partial charge in [0, 0.05) is 31.8 Å². The number of rotatable bonds is 5. The average Bonchev–Trinajstić information content (AvgIpc) is 2.52. The zero-order valence-corrected chi connectivity index (χ0v) is 12.1. The normalized spacial score (nSPS) is 18.3. The molecule has 1 aromatic rings. The summed E-state index contributed by atoms with van der Waals surface area (Å²) in [5.41, 5.74) is 1.10. The van der Waals surface area contributed by atoms with E-state index in [4.69, 9.17) is 4.74 Å². The second-order valence-electron chi connectivity index (χ2n) is 5.18. The maximum Gasteiger partial charge on any atom is 0.270 e. The first kappa shape index (κ1) is 15.3. The maximum atomic E-state index is 10.8. The Morgan fingerprint density at radius 1 is 1.57 bits per heavy atom. The molecule has 0 saturated carbocycles. The van der Waals surface area contributed by atoms with Crippen LogP contribution in [-0.2, 0) is 4.74 Å². The summed E-state index contributed by atoms with van der Waals surface area (Å²) in [5, 5.41) is 20.0. The highest BCUT2D eigenvalue weighted by atomic mass is 16.6. The van der Waals surface area contributed by atoms with Gasteiger partial charge in [-0.3, -0.25) is 10.1 Å². The monoisotopic (exact) mass is 289 g/mol. The summed E-state index contributed by atoms with van der Waals surface area (Å²) in [7, 11) is 0. The van der Waals surface area contributed by atoms with Crippen LogP contribution >= 0.6 is 0 Å². The SMILES string of the molecule is CCOCC1CCCN(c2ccc([N+](=O)[O-])cc2C#N)C1. The van der Waals surface area contributed by atoms with Gasteiger partial charge in [0.05, 0.1) is 22.8 Å². The lowest BCUT2D eigenvalue weighted by Gasteiger charge is -2.34.